The monoisotopic (exact) mass is 477 g/mol. The summed E-state index contributed by atoms with van der Waals surface area (Å²) in [6, 6.07) is 21.0. The second-order valence-electron chi connectivity index (χ2n) is 8.27. The molecule has 0 aliphatic carbocycles. The predicted molar refractivity (Wildman–Crippen MR) is 133 cm³/mol. The van der Waals surface area contributed by atoms with Crippen molar-refractivity contribution in [3.63, 3.8) is 0 Å². The van der Waals surface area contributed by atoms with Crippen LogP contribution in [0.3, 0.4) is 0 Å². The van der Waals surface area contributed by atoms with Crippen molar-refractivity contribution in [2.45, 2.75) is 12.6 Å². The molecule has 3 aromatic rings. The van der Waals surface area contributed by atoms with Gasteiger partial charge in [-0.3, -0.25) is 24.4 Å². The number of amides is 2. The van der Waals surface area contributed by atoms with Crippen LogP contribution in [0.5, 0.6) is 0 Å². The number of carbonyl (C=O) groups excluding carboxylic acids is 2. The Morgan fingerprint density at radius 1 is 0.941 bits per heavy atom. The molecule has 0 spiro atoms. The van der Waals surface area contributed by atoms with Crippen LogP contribution in [0.2, 0.25) is 5.02 Å². The third-order valence-electron chi connectivity index (χ3n) is 5.91. The summed E-state index contributed by atoms with van der Waals surface area (Å²) in [5.74, 6) is -1.41. The molecule has 34 heavy (non-hydrogen) atoms. The Bertz CT molecular complexity index is 1090. The Hall–Kier alpha value is -3.26. The number of nitrogens with zero attached hydrogens (tertiary/aromatic N) is 3. The maximum atomic E-state index is 12.5. The smallest absolute Gasteiger partial charge is 0.313 e. The van der Waals surface area contributed by atoms with E-state index in [1.54, 1.807) is 30.5 Å². The molecule has 8 heteroatoms. The Morgan fingerprint density at radius 3 is 2.44 bits per heavy atom. The van der Waals surface area contributed by atoms with Crippen molar-refractivity contribution < 1.29 is 9.59 Å². The first-order valence-electron chi connectivity index (χ1n) is 11.3. The van der Waals surface area contributed by atoms with Crippen molar-refractivity contribution in [2.75, 3.05) is 38.0 Å². The van der Waals surface area contributed by atoms with Gasteiger partial charge in [0.05, 0.1) is 6.04 Å². The minimum Gasteiger partial charge on any atom is -0.346 e. The van der Waals surface area contributed by atoms with Gasteiger partial charge in [0.1, 0.15) is 0 Å². The standard InChI is InChI=1S/C26H28ClN5O2/c27-22-9-4-10-23(16-22)30-26(34)25(33)29-18-24(21-8-5-11-28-17-21)32-14-12-31(13-15-32)19-20-6-2-1-3-7-20/h1-11,16-17,24H,12-15,18-19H2,(H,29,33)(H,30,34). The summed E-state index contributed by atoms with van der Waals surface area (Å²) >= 11 is 5.95. The van der Waals surface area contributed by atoms with Gasteiger partial charge in [0, 0.05) is 62.4 Å². The Kier molecular flexibility index (Phi) is 8.25. The molecular weight excluding hydrogens is 450 g/mol. The number of hydrogen-bond acceptors (Lipinski definition) is 5. The summed E-state index contributed by atoms with van der Waals surface area (Å²) in [4.78, 5) is 33.9. The van der Waals surface area contributed by atoms with Crippen LogP contribution in [0.25, 0.3) is 0 Å². The fourth-order valence-electron chi connectivity index (χ4n) is 4.13. The summed E-state index contributed by atoms with van der Waals surface area (Å²) in [5.41, 5.74) is 2.79. The lowest BCUT2D eigenvalue weighted by Gasteiger charge is -2.39. The molecule has 7 nitrogen and oxygen atoms in total. The molecule has 1 atom stereocenters. The van der Waals surface area contributed by atoms with Crippen molar-refractivity contribution in [3.05, 3.63) is 95.3 Å². The van der Waals surface area contributed by atoms with Gasteiger partial charge in [-0.05, 0) is 35.4 Å². The molecule has 2 heterocycles. The van der Waals surface area contributed by atoms with Gasteiger partial charge in [-0.1, -0.05) is 54.1 Å². The van der Waals surface area contributed by atoms with Gasteiger partial charge >= 0.3 is 11.8 Å². The normalized spacial score (nSPS) is 15.4. The molecule has 1 unspecified atom stereocenters. The topological polar surface area (TPSA) is 77.6 Å². The highest BCUT2D eigenvalue weighted by Gasteiger charge is 2.26. The van der Waals surface area contributed by atoms with E-state index in [1.165, 1.54) is 5.56 Å². The summed E-state index contributed by atoms with van der Waals surface area (Å²) in [6.45, 7) is 4.80. The first-order chi connectivity index (χ1) is 16.6. The van der Waals surface area contributed by atoms with E-state index in [-0.39, 0.29) is 6.04 Å². The van der Waals surface area contributed by atoms with E-state index in [2.05, 4.69) is 49.7 Å². The van der Waals surface area contributed by atoms with Crippen molar-refractivity contribution in [1.82, 2.24) is 20.1 Å². The molecule has 1 saturated heterocycles. The number of nitrogens with one attached hydrogen (secondary N) is 2. The third kappa shape index (κ3) is 6.63. The van der Waals surface area contributed by atoms with E-state index in [9.17, 15) is 9.59 Å². The lowest BCUT2D eigenvalue weighted by molar-refractivity contribution is -0.136. The third-order valence-corrected chi connectivity index (χ3v) is 6.15. The van der Waals surface area contributed by atoms with Gasteiger partial charge in [0.25, 0.3) is 0 Å². The molecule has 0 saturated carbocycles. The van der Waals surface area contributed by atoms with Crippen LogP contribution in [0.15, 0.2) is 79.1 Å². The minimum absolute atomic E-state index is 0.0736. The van der Waals surface area contributed by atoms with E-state index < -0.39 is 11.8 Å². The molecule has 2 aromatic carbocycles. The molecule has 0 bridgehead atoms. The van der Waals surface area contributed by atoms with Gasteiger partial charge in [-0.15, -0.1) is 0 Å². The van der Waals surface area contributed by atoms with Crippen LogP contribution in [-0.4, -0.2) is 59.3 Å². The average molecular weight is 478 g/mol. The highest BCUT2D eigenvalue weighted by Crippen LogP contribution is 2.22. The summed E-state index contributed by atoms with van der Waals surface area (Å²) in [7, 11) is 0. The lowest BCUT2D eigenvalue weighted by atomic mass is 10.1. The number of aromatic nitrogens is 1. The van der Waals surface area contributed by atoms with E-state index in [1.807, 2.05) is 24.4 Å². The zero-order valence-corrected chi connectivity index (χ0v) is 19.6. The number of benzene rings is 2. The van der Waals surface area contributed by atoms with Crippen LogP contribution < -0.4 is 10.6 Å². The number of anilines is 1. The van der Waals surface area contributed by atoms with E-state index >= 15 is 0 Å². The van der Waals surface area contributed by atoms with Gasteiger partial charge < -0.3 is 10.6 Å². The molecular formula is C26H28ClN5O2. The molecule has 4 rings (SSSR count). The van der Waals surface area contributed by atoms with Crippen LogP contribution >= 0.6 is 11.6 Å². The SMILES string of the molecule is O=C(NCC(c1cccnc1)N1CCN(Cc2ccccc2)CC1)C(=O)Nc1cccc(Cl)c1. The quantitative estimate of drug-likeness (QED) is 0.510. The molecule has 2 amide bonds. The molecule has 1 aliphatic heterocycles. The number of hydrogen-bond donors (Lipinski definition) is 2. The zero-order chi connectivity index (χ0) is 23.8. The zero-order valence-electron chi connectivity index (χ0n) is 18.9. The van der Waals surface area contributed by atoms with Crippen molar-refractivity contribution in [1.29, 1.82) is 0 Å². The summed E-state index contributed by atoms with van der Waals surface area (Å²) in [5, 5.41) is 5.87. The van der Waals surface area contributed by atoms with Crippen molar-refractivity contribution >= 4 is 29.1 Å². The van der Waals surface area contributed by atoms with Crippen molar-refractivity contribution in [2.24, 2.45) is 0 Å². The number of pyridine rings is 1. The molecule has 1 aliphatic rings. The van der Waals surface area contributed by atoms with E-state index in [4.69, 9.17) is 11.6 Å². The maximum absolute atomic E-state index is 12.5. The maximum Gasteiger partial charge on any atom is 0.313 e. The second-order valence-corrected chi connectivity index (χ2v) is 8.71. The Labute approximate surface area is 204 Å². The highest BCUT2D eigenvalue weighted by molar-refractivity contribution is 6.39. The van der Waals surface area contributed by atoms with E-state index in [0.29, 0.717) is 17.3 Å². The van der Waals surface area contributed by atoms with E-state index in [0.717, 1.165) is 38.3 Å². The lowest BCUT2D eigenvalue weighted by Crippen LogP contribution is -2.50. The molecule has 1 fully saturated rings. The average Bonchev–Trinajstić information content (AvgIpc) is 2.86. The summed E-state index contributed by atoms with van der Waals surface area (Å²) in [6.07, 6.45) is 3.55. The first-order valence-corrected chi connectivity index (χ1v) is 11.7. The second kappa shape index (κ2) is 11.7. The van der Waals surface area contributed by atoms with Gasteiger partial charge in [0.2, 0.25) is 0 Å². The first kappa shape index (κ1) is 23.9. The Morgan fingerprint density at radius 2 is 1.74 bits per heavy atom. The largest absolute Gasteiger partial charge is 0.346 e. The fourth-order valence-corrected chi connectivity index (χ4v) is 4.32. The minimum atomic E-state index is -0.722. The van der Waals surface area contributed by atoms with Gasteiger partial charge in [0.15, 0.2) is 0 Å². The molecule has 176 valence electrons. The number of rotatable bonds is 7. The number of carbonyl (C=O) groups is 2. The fraction of sp³-hybridized carbons (Fsp3) is 0.269. The van der Waals surface area contributed by atoms with Gasteiger partial charge in [-0.2, -0.15) is 0 Å². The highest BCUT2D eigenvalue weighted by atomic mass is 35.5. The molecule has 0 radical (unpaired) electrons. The summed E-state index contributed by atoms with van der Waals surface area (Å²) < 4.78 is 0. The number of piperazine rings is 1. The molecule has 2 N–H and O–H groups in total. The predicted octanol–water partition coefficient (Wildman–Crippen LogP) is 3.35. The van der Waals surface area contributed by atoms with Crippen LogP contribution in [0, 0.1) is 0 Å². The number of halogens is 1. The Balaban J connectivity index is 1.35. The van der Waals surface area contributed by atoms with Crippen LogP contribution in [-0.2, 0) is 16.1 Å². The van der Waals surface area contributed by atoms with Crippen LogP contribution in [0.4, 0.5) is 5.69 Å². The molecule has 1 aromatic heterocycles. The van der Waals surface area contributed by atoms with Gasteiger partial charge in [-0.25, -0.2) is 0 Å². The van der Waals surface area contributed by atoms with Crippen LogP contribution in [0.1, 0.15) is 17.2 Å². The van der Waals surface area contributed by atoms with Crippen molar-refractivity contribution in [3.8, 4) is 0 Å².